The average Bonchev–Trinajstić information content (AvgIpc) is 3.30. The number of methoxy groups -OCH3 is 1. The van der Waals surface area contributed by atoms with Crippen molar-refractivity contribution in [1.29, 1.82) is 0 Å². The van der Waals surface area contributed by atoms with E-state index in [-0.39, 0.29) is 23.4 Å². The summed E-state index contributed by atoms with van der Waals surface area (Å²) >= 11 is 0. The van der Waals surface area contributed by atoms with E-state index in [2.05, 4.69) is 27.4 Å². The van der Waals surface area contributed by atoms with E-state index in [9.17, 15) is 9.59 Å². The second-order valence-corrected chi connectivity index (χ2v) is 10.3. The molecule has 2 aliphatic carbocycles. The predicted octanol–water partition coefficient (Wildman–Crippen LogP) is 4.89. The second kappa shape index (κ2) is 9.45. The first-order chi connectivity index (χ1) is 17.6. The fourth-order valence-corrected chi connectivity index (χ4v) is 6.12. The number of amides is 1. The van der Waals surface area contributed by atoms with Gasteiger partial charge in [-0.25, -0.2) is 4.98 Å². The summed E-state index contributed by atoms with van der Waals surface area (Å²) in [5, 5.41) is 5.22. The normalized spacial score (nSPS) is 21.9. The molecule has 1 atom stereocenters. The largest absolute Gasteiger partial charge is 0.497 e. The summed E-state index contributed by atoms with van der Waals surface area (Å²) in [6.45, 7) is 0.662. The number of H-pyrrole nitrogens is 1. The Bertz CT molecular complexity index is 1480. The number of para-hydroxylation sites is 1. The van der Waals surface area contributed by atoms with E-state index in [1.807, 2.05) is 30.3 Å². The standard InChI is InChI=1S/C29H32N4O3/c1-36-20-13-14-25-23(15-20)21-6-4-8-26(27(21)31-25)32-28(34)19-11-9-18(10-12-19)16-33-17-30-24-7-3-2-5-22(24)29(33)35/h2-3,5,7,13-15,17-19,26,31H,4,6,8-12,16H2,1H3,(H,32,34)/t18?,19?,26-/m1/s1. The third kappa shape index (κ3) is 4.16. The van der Waals surface area contributed by atoms with Gasteiger partial charge in [0.1, 0.15) is 5.75 Å². The van der Waals surface area contributed by atoms with Crippen LogP contribution in [-0.4, -0.2) is 27.6 Å². The number of carbonyl (C=O) groups is 1. The van der Waals surface area contributed by atoms with Crippen LogP contribution >= 0.6 is 0 Å². The Morgan fingerprint density at radius 1 is 1.11 bits per heavy atom. The van der Waals surface area contributed by atoms with Crippen LogP contribution in [0.5, 0.6) is 5.75 Å². The zero-order valence-electron chi connectivity index (χ0n) is 20.6. The minimum atomic E-state index is 0.0181. The van der Waals surface area contributed by atoms with Crippen LogP contribution in [0.15, 0.2) is 53.6 Å². The molecular formula is C29H32N4O3. The molecule has 2 aromatic carbocycles. The molecule has 1 amide bonds. The molecule has 2 aliphatic rings. The van der Waals surface area contributed by atoms with Crippen LogP contribution in [0.3, 0.4) is 0 Å². The quantitative estimate of drug-likeness (QED) is 0.422. The van der Waals surface area contributed by atoms with Crippen molar-refractivity contribution < 1.29 is 9.53 Å². The number of benzene rings is 2. The first kappa shape index (κ1) is 22.8. The maximum atomic E-state index is 13.2. The average molecular weight is 485 g/mol. The molecule has 1 fully saturated rings. The van der Waals surface area contributed by atoms with E-state index in [0.717, 1.165) is 67.4 Å². The smallest absolute Gasteiger partial charge is 0.261 e. The molecule has 0 radical (unpaired) electrons. The number of aryl methyl sites for hydroxylation is 1. The fourth-order valence-electron chi connectivity index (χ4n) is 6.12. The highest BCUT2D eigenvalue weighted by Gasteiger charge is 2.31. The zero-order valence-corrected chi connectivity index (χ0v) is 20.6. The van der Waals surface area contributed by atoms with Crippen molar-refractivity contribution in [1.82, 2.24) is 19.9 Å². The Labute approximate surface area is 209 Å². The van der Waals surface area contributed by atoms with Gasteiger partial charge in [-0.3, -0.25) is 14.2 Å². The fraction of sp³-hybridized carbons (Fsp3) is 0.414. The number of fused-ring (bicyclic) bond motifs is 4. The van der Waals surface area contributed by atoms with Gasteiger partial charge in [0, 0.05) is 29.1 Å². The third-order valence-electron chi connectivity index (χ3n) is 8.13. The van der Waals surface area contributed by atoms with Gasteiger partial charge in [0.2, 0.25) is 5.91 Å². The molecule has 0 saturated heterocycles. The van der Waals surface area contributed by atoms with E-state index >= 15 is 0 Å². The number of nitrogens with one attached hydrogen (secondary N) is 2. The van der Waals surface area contributed by atoms with Crippen LogP contribution in [0.4, 0.5) is 0 Å². The van der Waals surface area contributed by atoms with E-state index in [1.165, 1.54) is 10.9 Å². The molecule has 6 rings (SSSR count). The lowest BCUT2D eigenvalue weighted by Gasteiger charge is -2.30. The highest BCUT2D eigenvalue weighted by atomic mass is 16.5. The van der Waals surface area contributed by atoms with Gasteiger partial charge in [-0.2, -0.15) is 0 Å². The molecule has 2 N–H and O–H groups in total. The van der Waals surface area contributed by atoms with Crippen LogP contribution in [0, 0.1) is 11.8 Å². The summed E-state index contributed by atoms with van der Waals surface area (Å²) in [7, 11) is 1.69. The Morgan fingerprint density at radius 3 is 2.78 bits per heavy atom. The Kier molecular flexibility index (Phi) is 5.99. The Hall–Kier alpha value is -3.61. The molecule has 7 heteroatoms. The van der Waals surface area contributed by atoms with E-state index in [1.54, 1.807) is 18.0 Å². The van der Waals surface area contributed by atoms with Crippen LogP contribution in [0.2, 0.25) is 0 Å². The maximum Gasteiger partial charge on any atom is 0.261 e. The first-order valence-electron chi connectivity index (χ1n) is 13.0. The van der Waals surface area contributed by atoms with Crippen LogP contribution in [0.1, 0.15) is 55.8 Å². The van der Waals surface area contributed by atoms with Crippen LogP contribution < -0.4 is 15.6 Å². The number of hydrogen-bond acceptors (Lipinski definition) is 4. The van der Waals surface area contributed by atoms with Gasteiger partial charge in [-0.15, -0.1) is 0 Å². The van der Waals surface area contributed by atoms with Gasteiger partial charge < -0.3 is 15.0 Å². The molecule has 2 heterocycles. The van der Waals surface area contributed by atoms with E-state index < -0.39 is 0 Å². The van der Waals surface area contributed by atoms with Crippen LogP contribution in [-0.2, 0) is 17.8 Å². The molecule has 1 saturated carbocycles. The predicted molar refractivity (Wildman–Crippen MR) is 140 cm³/mol. The van der Waals surface area contributed by atoms with Crippen molar-refractivity contribution in [3.05, 3.63) is 70.4 Å². The van der Waals surface area contributed by atoms with Gasteiger partial charge in [0.05, 0.1) is 30.4 Å². The SMILES string of the molecule is COc1ccc2[nH]c3c(c2c1)CCC[C@H]3NC(=O)C1CCC(Cn2cnc3ccccc3c2=O)CC1. The Balaban J connectivity index is 1.10. The lowest BCUT2D eigenvalue weighted by molar-refractivity contribution is -0.127. The summed E-state index contributed by atoms with van der Waals surface area (Å²) in [5.41, 5.74) is 4.30. The first-order valence-corrected chi connectivity index (χ1v) is 13.0. The molecule has 0 spiro atoms. The summed E-state index contributed by atoms with van der Waals surface area (Å²) < 4.78 is 7.16. The summed E-state index contributed by atoms with van der Waals surface area (Å²) in [6.07, 6.45) is 8.30. The zero-order chi connectivity index (χ0) is 24.6. The molecule has 4 aromatic rings. The lowest BCUT2D eigenvalue weighted by atomic mass is 9.81. The highest BCUT2D eigenvalue weighted by molar-refractivity contribution is 5.87. The lowest BCUT2D eigenvalue weighted by Crippen LogP contribution is -2.37. The summed E-state index contributed by atoms with van der Waals surface area (Å²) in [6, 6.07) is 13.6. The topological polar surface area (TPSA) is 89.0 Å². The summed E-state index contributed by atoms with van der Waals surface area (Å²) in [4.78, 5) is 34.1. The molecule has 0 bridgehead atoms. The van der Waals surface area contributed by atoms with Gasteiger partial charge in [0.15, 0.2) is 0 Å². The van der Waals surface area contributed by atoms with Crippen LogP contribution in [0.25, 0.3) is 21.8 Å². The highest BCUT2D eigenvalue weighted by Crippen LogP contribution is 2.37. The molecule has 36 heavy (non-hydrogen) atoms. The molecule has 0 aliphatic heterocycles. The van der Waals surface area contributed by atoms with Crippen molar-refractivity contribution >= 4 is 27.7 Å². The minimum absolute atomic E-state index is 0.0181. The molecule has 0 unspecified atom stereocenters. The maximum absolute atomic E-state index is 13.2. The van der Waals surface area contributed by atoms with Gasteiger partial charge in [-0.1, -0.05) is 12.1 Å². The van der Waals surface area contributed by atoms with E-state index in [0.29, 0.717) is 17.8 Å². The molecular weight excluding hydrogens is 452 g/mol. The number of hydrogen-bond donors (Lipinski definition) is 2. The van der Waals surface area contributed by atoms with Crippen molar-refractivity contribution in [2.45, 2.75) is 57.5 Å². The third-order valence-corrected chi connectivity index (χ3v) is 8.13. The van der Waals surface area contributed by atoms with Crippen molar-refractivity contribution in [2.75, 3.05) is 7.11 Å². The molecule has 7 nitrogen and oxygen atoms in total. The minimum Gasteiger partial charge on any atom is -0.497 e. The molecule has 186 valence electrons. The number of aromatic nitrogens is 3. The number of rotatable bonds is 5. The summed E-state index contributed by atoms with van der Waals surface area (Å²) in [5.74, 6) is 1.43. The van der Waals surface area contributed by atoms with Gasteiger partial charge in [0.25, 0.3) is 5.56 Å². The van der Waals surface area contributed by atoms with E-state index in [4.69, 9.17) is 4.74 Å². The van der Waals surface area contributed by atoms with Crippen molar-refractivity contribution in [3.8, 4) is 5.75 Å². The van der Waals surface area contributed by atoms with Gasteiger partial charge >= 0.3 is 0 Å². The van der Waals surface area contributed by atoms with Gasteiger partial charge in [-0.05, 0) is 86.8 Å². The number of nitrogens with zero attached hydrogens (tertiary/aromatic N) is 2. The number of carbonyl (C=O) groups excluding carboxylic acids is 1. The molecule has 2 aromatic heterocycles. The Morgan fingerprint density at radius 2 is 1.94 bits per heavy atom. The number of aromatic amines is 1. The van der Waals surface area contributed by atoms with Crippen molar-refractivity contribution in [3.63, 3.8) is 0 Å². The van der Waals surface area contributed by atoms with Crippen molar-refractivity contribution in [2.24, 2.45) is 11.8 Å². The number of ether oxygens (including phenoxy) is 1. The monoisotopic (exact) mass is 484 g/mol. The second-order valence-electron chi connectivity index (χ2n) is 10.3.